The molecule has 4 aliphatic heterocycles. The molecule has 4 saturated heterocycles. The van der Waals surface area contributed by atoms with Gasteiger partial charge in [0.15, 0.2) is 6.61 Å². The number of aromatic nitrogens is 2. The summed E-state index contributed by atoms with van der Waals surface area (Å²) in [7, 11) is 0. The molecule has 17 heteroatoms. The van der Waals surface area contributed by atoms with E-state index in [9.17, 15) is 24.0 Å². The highest BCUT2D eigenvalue weighted by Crippen LogP contribution is 2.53. The Balaban J connectivity index is 0.000000184. The zero-order chi connectivity index (χ0) is 66.7. The number of nitrogens with one attached hydrogen (secondary N) is 2. The van der Waals surface area contributed by atoms with Gasteiger partial charge in [-0.15, -0.1) is 13.2 Å². The first-order chi connectivity index (χ1) is 46.7. The van der Waals surface area contributed by atoms with Gasteiger partial charge < -0.3 is 39.4 Å². The van der Waals surface area contributed by atoms with E-state index in [0.717, 1.165) is 121 Å². The normalized spacial score (nSPS) is 19.4. The van der Waals surface area contributed by atoms with Crippen molar-refractivity contribution >= 4 is 73.6 Å². The van der Waals surface area contributed by atoms with Crippen LogP contribution >= 0.6 is 23.5 Å². The number of rotatable bonds is 22. The fourth-order valence-corrected chi connectivity index (χ4v) is 16.1. The van der Waals surface area contributed by atoms with E-state index in [-0.39, 0.29) is 81.8 Å². The molecule has 15 nitrogen and oxygen atoms in total. The average Bonchev–Trinajstić information content (AvgIpc) is 1.51. The number of nitrogens with zero attached hydrogens (tertiary/aromatic N) is 4. The van der Waals surface area contributed by atoms with E-state index in [1.807, 2.05) is 157 Å². The van der Waals surface area contributed by atoms with Gasteiger partial charge in [-0.2, -0.15) is 0 Å². The minimum absolute atomic E-state index is 0.00365. The molecule has 490 valence electrons. The predicted octanol–water partition coefficient (Wildman–Crippen LogP) is 16.6. The summed E-state index contributed by atoms with van der Waals surface area (Å²) in [4.78, 5) is 77.0. The fourth-order valence-electron chi connectivity index (χ4n) is 13.5. The van der Waals surface area contributed by atoms with Crippen molar-refractivity contribution in [1.29, 1.82) is 0 Å². The van der Waals surface area contributed by atoms with Crippen molar-refractivity contribution < 1.29 is 42.9 Å². The lowest BCUT2D eigenvalue weighted by atomic mass is 9.79. The molecule has 13 rings (SSSR count). The number of thioether (sulfide) groups is 2. The molecule has 0 bridgehead atoms. The third-order valence-electron chi connectivity index (χ3n) is 18.5. The molecule has 2 aromatic heterocycles. The average molecular weight is 1320 g/mol. The van der Waals surface area contributed by atoms with Gasteiger partial charge in [-0.25, -0.2) is 9.97 Å². The first-order valence-corrected chi connectivity index (χ1v) is 34.5. The first-order valence-electron chi connectivity index (χ1n) is 32.7. The number of esters is 1. The first kappa shape index (κ1) is 66.5. The lowest BCUT2D eigenvalue weighted by molar-refractivity contribution is -0.146. The Bertz CT molecular complexity index is 4280. The molecule has 2 N–H and O–H groups in total. The quantitative estimate of drug-likeness (QED) is 0.0484. The molecule has 0 unspecified atom stereocenters. The van der Waals surface area contributed by atoms with Gasteiger partial charge in [0.2, 0.25) is 5.91 Å². The number of piperidine rings is 2. The van der Waals surface area contributed by atoms with E-state index in [2.05, 4.69) is 91.1 Å². The van der Waals surface area contributed by atoms with E-state index in [1.165, 1.54) is 30.4 Å². The number of aryl methyl sites for hydroxylation is 2. The van der Waals surface area contributed by atoms with Crippen LogP contribution in [0.3, 0.4) is 0 Å². The van der Waals surface area contributed by atoms with Crippen molar-refractivity contribution in [3.8, 4) is 45.5 Å². The van der Waals surface area contributed by atoms with Crippen molar-refractivity contribution in [1.82, 2.24) is 30.4 Å². The number of ether oxygens (including phenoxy) is 4. The molecule has 9 aromatic rings. The standard InChI is InChI=1S/C42H41N3O4S.C37H37N3O5S/c1-3-30(25-43-40(46)27-48-26-29-10-6-4-7-11-29)32-20-21-45-39(23-32)41(50-42(45)47)36-24-38(44-37-19-14-28(2)22-35(36)37)31-15-17-34(18-16-31)49-33-12-8-5-9-13-33;1-4-25(21-38-35(42)22-44-24(3)41)27-16-17-40-34(19-27)36(46-37(40)43)31-20-33(39-32-15-10-23(2)18-30(31)32)26-11-13-29(14-12-26)45-28-8-6-5-7-9-28/h3-19,22,24,30,32,39,41H,1,20-21,23,25-27H2,2H3,(H,43,46);4-15,18,20,25,27,34,36H,1,16-17,19,21-22H2,2-3H3,(H,38,42)/t30-,32-,39-,41-;25-,27-,34-,36-/m00/s1. The second-order valence-corrected chi connectivity index (χ2v) is 27.2. The third kappa shape index (κ3) is 16.0. The van der Waals surface area contributed by atoms with Crippen LogP contribution in [-0.4, -0.2) is 99.5 Å². The van der Waals surface area contributed by atoms with Crippen molar-refractivity contribution in [3.63, 3.8) is 0 Å². The Kier molecular flexibility index (Phi) is 21.4. The lowest BCUT2D eigenvalue weighted by Gasteiger charge is -2.39. The maximum atomic E-state index is 13.5. The molecule has 4 fully saturated rings. The number of carbonyl (C=O) groups is 5. The summed E-state index contributed by atoms with van der Waals surface area (Å²) in [6.07, 6.45) is 7.16. The number of benzene rings is 7. The van der Waals surface area contributed by atoms with Gasteiger partial charge >= 0.3 is 5.97 Å². The maximum absolute atomic E-state index is 13.5. The van der Waals surface area contributed by atoms with Gasteiger partial charge in [-0.05, 0) is 189 Å². The Morgan fingerprint density at radius 2 is 0.969 bits per heavy atom. The predicted molar refractivity (Wildman–Crippen MR) is 381 cm³/mol. The van der Waals surface area contributed by atoms with Crippen LogP contribution in [0.2, 0.25) is 0 Å². The Morgan fingerprint density at radius 1 is 0.552 bits per heavy atom. The van der Waals surface area contributed by atoms with Gasteiger partial charge in [0, 0.05) is 67.1 Å². The summed E-state index contributed by atoms with van der Waals surface area (Å²) in [5, 5.41) is 8.17. The van der Waals surface area contributed by atoms with Crippen molar-refractivity contribution in [3.05, 3.63) is 241 Å². The minimum atomic E-state index is -0.492. The molecule has 4 amide bonds. The zero-order valence-electron chi connectivity index (χ0n) is 54.1. The van der Waals surface area contributed by atoms with Crippen LogP contribution in [-0.2, 0) is 30.5 Å². The van der Waals surface area contributed by atoms with Crippen LogP contribution in [0.4, 0.5) is 9.59 Å². The molecular formula is C79H78N6O9S2. The topological polar surface area (TPSA) is 179 Å². The van der Waals surface area contributed by atoms with Crippen LogP contribution < -0.4 is 20.1 Å². The molecule has 0 saturated carbocycles. The van der Waals surface area contributed by atoms with Gasteiger partial charge in [-0.1, -0.05) is 126 Å². The van der Waals surface area contributed by atoms with Gasteiger partial charge in [0.25, 0.3) is 16.4 Å². The lowest BCUT2D eigenvalue weighted by Crippen LogP contribution is -2.45. The zero-order valence-corrected chi connectivity index (χ0v) is 55.8. The molecule has 8 atom stereocenters. The maximum Gasteiger partial charge on any atom is 0.303 e. The number of hydrogen-bond acceptors (Lipinski definition) is 13. The number of para-hydroxylation sites is 2. The second kappa shape index (κ2) is 30.9. The molecule has 96 heavy (non-hydrogen) atoms. The minimum Gasteiger partial charge on any atom is -0.457 e. The summed E-state index contributed by atoms with van der Waals surface area (Å²) >= 11 is 2.82. The molecule has 4 aliphatic rings. The molecule has 0 radical (unpaired) electrons. The van der Waals surface area contributed by atoms with E-state index < -0.39 is 5.97 Å². The van der Waals surface area contributed by atoms with Crippen LogP contribution in [0.25, 0.3) is 44.3 Å². The van der Waals surface area contributed by atoms with Crippen molar-refractivity contribution in [2.75, 3.05) is 39.4 Å². The summed E-state index contributed by atoms with van der Waals surface area (Å²) in [5.74, 6) is 2.70. The molecule has 6 heterocycles. The van der Waals surface area contributed by atoms with Gasteiger partial charge in [0.05, 0.1) is 39.5 Å². The SMILES string of the molecule is C=C[C@@H](CNC(=O)COC(C)=O)[C@H]1CCN2C(=O)S[C@@H](c3cc(-c4ccc(Oc5ccccc5)cc4)nc4ccc(C)cc34)[C@@H]2C1.C=C[C@@H](CNC(=O)COCc1ccccc1)[C@H]1CCN2C(=O)S[C@@H](c3cc(-c4ccc(Oc5ccccc5)cc4)nc4ccc(C)cc34)[C@@H]2C1. The fraction of sp³-hybridized carbons (Fsp3) is 0.278. The Hall–Kier alpha value is -9.55. The number of amides is 4. The summed E-state index contributed by atoms with van der Waals surface area (Å²) in [6, 6.07) is 62.2. The van der Waals surface area contributed by atoms with E-state index in [4.69, 9.17) is 28.9 Å². The number of fused-ring (bicyclic) bond motifs is 4. The largest absolute Gasteiger partial charge is 0.457 e. The van der Waals surface area contributed by atoms with Gasteiger partial charge in [-0.3, -0.25) is 24.0 Å². The summed E-state index contributed by atoms with van der Waals surface area (Å²) in [6.45, 7) is 16.0. The molecule has 7 aromatic carbocycles. The van der Waals surface area contributed by atoms with Crippen LogP contribution in [0.5, 0.6) is 23.0 Å². The van der Waals surface area contributed by atoms with E-state index in [1.54, 1.807) is 0 Å². The Labute approximate surface area is 569 Å². The Morgan fingerprint density at radius 3 is 1.40 bits per heavy atom. The summed E-state index contributed by atoms with van der Waals surface area (Å²) < 4.78 is 22.5. The molecular weight excluding hydrogens is 1240 g/mol. The smallest absolute Gasteiger partial charge is 0.303 e. The second-order valence-electron chi connectivity index (χ2n) is 25.0. The highest BCUT2D eigenvalue weighted by Gasteiger charge is 2.48. The number of hydrogen-bond donors (Lipinski definition) is 2. The van der Waals surface area contributed by atoms with Crippen LogP contribution in [0.1, 0.15) is 70.9 Å². The number of pyridine rings is 2. The van der Waals surface area contributed by atoms with Crippen molar-refractivity contribution in [2.45, 2.75) is 75.6 Å². The highest BCUT2D eigenvalue weighted by atomic mass is 32.2. The molecule has 0 aliphatic carbocycles. The summed E-state index contributed by atoms with van der Waals surface area (Å²) in [5.41, 5.74) is 11.0. The van der Waals surface area contributed by atoms with E-state index in [0.29, 0.717) is 32.8 Å². The highest BCUT2D eigenvalue weighted by molar-refractivity contribution is 8.14. The molecule has 0 spiro atoms. The van der Waals surface area contributed by atoms with Crippen LogP contribution in [0.15, 0.2) is 213 Å². The monoisotopic (exact) mass is 1320 g/mol. The third-order valence-corrected chi connectivity index (χ3v) is 21.0. The van der Waals surface area contributed by atoms with E-state index >= 15 is 0 Å². The van der Waals surface area contributed by atoms with Crippen LogP contribution in [0, 0.1) is 37.5 Å². The van der Waals surface area contributed by atoms with Crippen molar-refractivity contribution in [2.24, 2.45) is 23.7 Å². The number of carbonyl (C=O) groups excluding carboxylic acids is 5. The van der Waals surface area contributed by atoms with Gasteiger partial charge in [0.1, 0.15) is 29.6 Å².